The van der Waals surface area contributed by atoms with Gasteiger partial charge in [-0.15, -0.1) is 0 Å². The number of likely N-dealkylation sites (tertiary alicyclic amines) is 1. The molecule has 15 heteroatoms. The fourth-order valence-corrected chi connectivity index (χ4v) is 3.66. The molecule has 4 atom stereocenters. The average Bonchev–Trinajstić information content (AvgIpc) is 3.27. The number of carboxylic acid groups (broad SMARTS) is 2. The number of carbonyl (C=O) groups excluding carboxylic acids is 3. The number of rotatable bonds is 14. The van der Waals surface area contributed by atoms with Crippen LogP contribution in [0.15, 0.2) is 4.99 Å². The second-order valence-electron chi connectivity index (χ2n) is 7.82. The number of nitrogens with two attached hydrogens (primary N) is 3. The van der Waals surface area contributed by atoms with Crippen LogP contribution in [0, 0.1) is 0 Å². The fourth-order valence-electron chi connectivity index (χ4n) is 3.40. The van der Waals surface area contributed by atoms with Crippen LogP contribution < -0.4 is 27.8 Å². The minimum Gasteiger partial charge on any atom is -0.481 e. The summed E-state index contributed by atoms with van der Waals surface area (Å²) in [5.41, 5.74) is 16.3. The van der Waals surface area contributed by atoms with Crippen molar-refractivity contribution in [2.75, 3.05) is 18.8 Å². The first kappa shape index (κ1) is 29.0. The van der Waals surface area contributed by atoms with Gasteiger partial charge in [-0.25, -0.2) is 4.79 Å². The maximum Gasteiger partial charge on any atom is 0.326 e. The van der Waals surface area contributed by atoms with Crippen molar-refractivity contribution in [3.63, 3.8) is 0 Å². The summed E-state index contributed by atoms with van der Waals surface area (Å²) in [4.78, 5) is 65.3. The maximum atomic E-state index is 13.1. The number of carboxylic acids is 2. The summed E-state index contributed by atoms with van der Waals surface area (Å²) in [6, 6.07) is -4.38. The standard InChI is InChI=1S/C19H33N7O7S/c20-10(5-6-14(27)28)15(29)25-12(9-34)16(30)24-11(3-1-7-23-19(21)22)17(31)26-8-2-4-13(26)18(32)33/h10-13,34H,1-9,20H2,(H,24,30)(H,25,29)(H,27,28)(H,32,33)(H4,21,22,23). The van der Waals surface area contributed by atoms with Crippen LogP contribution in [0.2, 0.25) is 0 Å². The lowest BCUT2D eigenvalue weighted by molar-refractivity contribution is -0.149. The van der Waals surface area contributed by atoms with E-state index < -0.39 is 53.8 Å². The first-order chi connectivity index (χ1) is 16.0. The van der Waals surface area contributed by atoms with Crippen molar-refractivity contribution in [1.29, 1.82) is 0 Å². The lowest BCUT2D eigenvalue weighted by atomic mass is 10.1. The van der Waals surface area contributed by atoms with Crippen molar-refractivity contribution in [3.8, 4) is 0 Å². The molecule has 10 N–H and O–H groups in total. The van der Waals surface area contributed by atoms with Crippen molar-refractivity contribution in [3.05, 3.63) is 0 Å². The Kier molecular flexibility index (Phi) is 12.1. The Labute approximate surface area is 202 Å². The SMILES string of the molecule is NC(N)=NCCCC(NC(=O)C(CS)NC(=O)C(N)CCC(=O)O)C(=O)N1CCCC1C(=O)O. The van der Waals surface area contributed by atoms with Gasteiger partial charge in [0.1, 0.15) is 18.1 Å². The number of aliphatic imine (C=N–C) groups is 1. The van der Waals surface area contributed by atoms with Crippen LogP contribution in [0.25, 0.3) is 0 Å². The zero-order valence-electron chi connectivity index (χ0n) is 18.7. The Bertz CT molecular complexity index is 791. The van der Waals surface area contributed by atoms with Gasteiger partial charge in [0.15, 0.2) is 5.96 Å². The quantitative estimate of drug-likeness (QED) is 0.0524. The smallest absolute Gasteiger partial charge is 0.326 e. The van der Waals surface area contributed by atoms with Crippen molar-refractivity contribution >= 4 is 48.2 Å². The lowest BCUT2D eigenvalue weighted by Crippen LogP contribution is -2.57. The summed E-state index contributed by atoms with van der Waals surface area (Å²) in [6.07, 6.45) is 0.812. The van der Waals surface area contributed by atoms with E-state index in [-0.39, 0.29) is 44.1 Å². The molecule has 1 rings (SSSR count). The number of hydrogen-bond donors (Lipinski definition) is 8. The highest BCUT2D eigenvalue weighted by atomic mass is 32.1. The van der Waals surface area contributed by atoms with Crippen molar-refractivity contribution in [1.82, 2.24) is 15.5 Å². The van der Waals surface area contributed by atoms with Gasteiger partial charge < -0.3 is 42.9 Å². The predicted molar refractivity (Wildman–Crippen MR) is 125 cm³/mol. The third-order valence-corrected chi connectivity index (χ3v) is 5.57. The number of carbonyl (C=O) groups is 5. The molecule has 0 spiro atoms. The molecule has 0 aliphatic carbocycles. The number of nitrogens with zero attached hydrogens (tertiary/aromatic N) is 2. The zero-order chi connectivity index (χ0) is 25.8. The van der Waals surface area contributed by atoms with Crippen LogP contribution in [0.5, 0.6) is 0 Å². The molecule has 0 bridgehead atoms. The molecule has 0 aromatic rings. The summed E-state index contributed by atoms with van der Waals surface area (Å²) >= 11 is 4.06. The second kappa shape index (κ2) is 14.2. The van der Waals surface area contributed by atoms with E-state index in [2.05, 4.69) is 28.3 Å². The van der Waals surface area contributed by atoms with Crippen molar-refractivity contribution in [2.24, 2.45) is 22.2 Å². The molecule has 0 aromatic heterocycles. The molecule has 0 radical (unpaired) electrons. The van der Waals surface area contributed by atoms with Gasteiger partial charge in [0.05, 0.1) is 6.04 Å². The molecular weight excluding hydrogens is 470 g/mol. The third kappa shape index (κ3) is 9.43. The highest BCUT2D eigenvalue weighted by Gasteiger charge is 2.38. The van der Waals surface area contributed by atoms with Gasteiger partial charge in [-0.05, 0) is 32.1 Å². The Morgan fingerprint density at radius 1 is 1.06 bits per heavy atom. The fraction of sp³-hybridized carbons (Fsp3) is 0.684. The van der Waals surface area contributed by atoms with E-state index in [0.717, 1.165) is 0 Å². The minimum atomic E-state index is -1.16. The molecule has 3 amide bonds. The van der Waals surface area contributed by atoms with E-state index in [1.807, 2.05) is 0 Å². The Morgan fingerprint density at radius 2 is 1.71 bits per heavy atom. The van der Waals surface area contributed by atoms with Gasteiger partial charge in [-0.1, -0.05) is 0 Å². The summed E-state index contributed by atoms with van der Waals surface area (Å²) in [6.45, 7) is 0.427. The number of thiol groups is 1. The molecule has 0 saturated carbocycles. The first-order valence-electron chi connectivity index (χ1n) is 10.8. The third-order valence-electron chi connectivity index (χ3n) is 5.20. The van der Waals surface area contributed by atoms with Crippen LogP contribution in [0.4, 0.5) is 0 Å². The van der Waals surface area contributed by atoms with Gasteiger partial charge in [-0.3, -0.25) is 24.2 Å². The van der Waals surface area contributed by atoms with Crippen LogP contribution in [-0.4, -0.2) is 93.7 Å². The molecule has 1 heterocycles. The van der Waals surface area contributed by atoms with Crippen LogP contribution in [-0.2, 0) is 24.0 Å². The van der Waals surface area contributed by atoms with Gasteiger partial charge >= 0.3 is 11.9 Å². The summed E-state index contributed by atoms with van der Waals surface area (Å²) in [7, 11) is 0. The number of hydrogen-bond acceptors (Lipinski definition) is 8. The molecule has 1 aliphatic rings. The number of nitrogens with one attached hydrogen (secondary N) is 2. The van der Waals surface area contributed by atoms with E-state index in [1.54, 1.807) is 0 Å². The highest BCUT2D eigenvalue weighted by Crippen LogP contribution is 2.19. The molecule has 34 heavy (non-hydrogen) atoms. The zero-order valence-corrected chi connectivity index (χ0v) is 19.6. The Morgan fingerprint density at radius 3 is 2.26 bits per heavy atom. The van der Waals surface area contributed by atoms with Gasteiger partial charge in [0.2, 0.25) is 17.7 Å². The Hall–Kier alpha value is -3.07. The molecule has 1 saturated heterocycles. The van der Waals surface area contributed by atoms with Crippen LogP contribution >= 0.6 is 12.6 Å². The van der Waals surface area contributed by atoms with Gasteiger partial charge in [-0.2, -0.15) is 12.6 Å². The molecular formula is C19H33N7O7S. The van der Waals surface area contributed by atoms with E-state index >= 15 is 0 Å². The second-order valence-corrected chi connectivity index (χ2v) is 8.19. The molecule has 14 nitrogen and oxygen atoms in total. The van der Waals surface area contributed by atoms with E-state index in [4.69, 9.17) is 22.3 Å². The van der Waals surface area contributed by atoms with Gasteiger partial charge in [0, 0.05) is 25.3 Å². The average molecular weight is 504 g/mol. The molecule has 0 aromatic carbocycles. The van der Waals surface area contributed by atoms with Crippen molar-refractivity contribution in [2.45, 2.75) is 62.7 Å². The van der Waals surface area contributed by atoms with Crippen LogP contribution in [0.1, 0.15) is 38.5 Å². The summed E-state index contributed by atoms with van der Waals surface area (Å²) in [5.74, 6) is -4.53. The molecule has 1 aliphatic heterocycles. The summed E-state index contributed by atoms with van der Waals surface area (Å²) in [5, 5.41) is 23.1. The van der Waals surface area contributed by atoms with Gasteiger partial charge in [0.25, 0.3) is 0 Å². The highest BCUT2D eigenvalue weighted by molar-refractivity contribution is 7.80. The Balaban J connectivity index is 2.89. The lowest BCUT2D eigenvalue weighted by Gasteiger charge is -2.28. The molecule has 1 fully saturated rings. The van der Waals surface area contributed by atoms with E-state index in [1.165, 1.54) is 4.90 Å². The van der Waals surface area contributed by atoms with E-state index in [9.17, 15) is 29.1 Å². The minimum absolute atomic E-state index is 0.121. The number of amides is 3. The monoisotopic (exact) mass is 503 g/mol. The summed E-state index contributed by atoms with van der Waals surface area (Å²) < 4.78 is 0. The number of guanidine groups is 1. The largest absolute Gasteiger partial charge is 0.481 e. The van der Waals surface area contributed by atoms with E-state index in [0.29, 0.717) is 19.3 Å². The normalized spacial score (nSPS) is 17.8. The topological polar surface area (TPSA) is 244 Å². The first-order valence-corrected chi connectivity index (χ1v) is 11.4. The molecule has 192 valence electrons. The van der Waals surface area contributed by atoms with Crippen LogP contribution in [0.3, 0.4) is 0 Å². The maximum absolute atomic E-state index is 13.1. The number of aliphatic carboxylic acids is 2. The molecule has 4 unspecified atom stereocenters. The predicted octanol–water partition coefficient (Wildman–Crippen LogP) is -2.79. The van der Waals surface area contributed by atoms with Crippen molar-refractivity contribution < 1.29 is 34.2 Å².